The number of hydrogen-bond acceptors (Lipinski definition) is 4. The quantitative estimate of drug-likeness (QED) is 0.469. The number of aromatic nitrogens is 1. The van der Waals surface area contributed by atoms with Gasteiger partial charge >= 0.3 is 0 Å². The Hall–Kier alpha value is -3.80. The third-order valence-corrected chi connectivity index (χ3v) is 4.63. The van der Waals surface area contributed by atoms with Crippen LogP contribution in [0.15, 0.2) is 84.3 Å². The Morgan fingerprint density at radius 3 is 2.66 bits per heavy atom. The fraction of sp³-hybridized carbons (Fsp3) is 0.130. The number of anilines is 1. The fourth-order valence-corrected chi connectivity index (χ4v) is 3.07. The Kier molecular flexibility index (Phi) is 6.47. The van der Waals surface area contributed by atoms with Gasteiger partial charge in [-0.15, -0.1) is 0 Å². The van der Waals surface area contributed by atoms with Gasteiger partial charge in [0.2, 0.25) is 5.91 Å². The van der Waals surface area contributed by atoms with Crippen LogP contribution in [0.5, 0.6) is 0 Å². The molecule has 1 aliphatic heterocycles. The summed E-state index contributed by atoms with van der Waals surface area (Å²) in [5.74, 6) is -0.280. The molecule has 0 saturated carbocycles. The van der Waals surface area contributed by atoms with Crippen LogP contribution in [0.3, 0.4) is 0 Å². The molecule has 6 heteroatoms. The predicted octanol–water partition coefficient (Wildman–Crippen LogP) is 3.55. The van der Waals surface area contributed by atoms with Gasteiger partial charge < -0.3 is 10.2 Å². The van der Waals surface area contributed by atoms with Crippen molar-refractivity contribution in [3.63, 3.8) is 0 Å². The molecule has 0 unspecified atom stereocenters. The van der Waals surface area contributed by atoms with Crippen molar-refractivity contribution in [2.75, 3.05) is 11.9 Å². The van der Waals surface area contributed by atoms with E-state index >= 15 is 0 Å². The average molecular weight is 386 g/mol. The average Bonchev–Trinajstić information content (AvgIpc) is 2.76. The van der Waals surface area contributed by atoms with E-state index in [2.05, 4.69) is 28.6 Å². The first kappa shape index (κ1) is 19.9. The maximum atomic E-state index is 12.5. The number of carbonyl (C=O) groups excluding carboxylic acids is 2. The van der Waals surface area contributed by atoms with Crippen LogP contribution in [0.1, 0.15) is 21.5 Å². The second kappa shape index (κ2) is 9.41. The molecule has 1 aromatic carbocycles. The summed E-state index contributed by atoms with van der Waals surface area (Å²) < 4.78 is 0. The Labute approximate surface area is 170 Å². The molecule has 0 fully saturated rings. The third-order valence-electron chi connectivity index (χ3n) is 4.63. The molecule has 29 heavy (non-hydrogen) atoms. The highest BCUT2D eigenvalue weighted by atomic mass is 16.2. The molecule has 0 bridgehead atoms. The van der Waals surface area contributed by atoms with Gasteiger partial charge in [0.15, 0.2) is 0 Å². The highest BCUT2D eigenvalue weighted by Crippen LogP contribution is 2.23. The number of rotatable bonds is 6. The monoisotopic (exact) mass is 386 g/mol. The summed E-state index contributed by atoms with van der Waals surface area (Å²) in [5.41, 5.74) is 4.16. The molecule has 2 amide bonds. The molecule has 3 rings (SSSR count). The number of hydrogen-bond donors (Lipinski definition) is 1. The maximum absolute atomic E-state index is 12.5. The Morgan fingerprint density at radius 2 is 1.93 bits per heavy atom. The molecular weight excluding hydrogens is 364 g/mol. The van der Waals surface area contributed by atoms with Gasteiger partial charge in [-0.3, -0.25) is 19.6 Å². The molecule has 1 aliphatic rings. The van der Waals surface area contributed by atoms with Gasteiger partial charge in [-0.2, -0.15) is 0 Å². The largest absolute Gasteiger partial charge is 0.334 e. The number of carbonyl (C=O) groups is 2. The lowest BCUT2D eigenvalue weighted by Gasteiger charge is -2.28. The summed E-state index contributed by atoms with van der Waals surface area (Å²) in [5, 5.41) is 2.90. The van der Waals surface area contributed by atoms with E-state index in [9.17, 15) is 9.59 Å². The molecular formula is C23H22N4O2. The van der Waals surface area contributed by atoms with Crippen LogP contribution in [0.4, 0.5) is 5.69 Å². The van der Waals surface area contributed by atoms with Crippen molar-refractivity contribution in [2.24, 2.45) is 4.99 Å². The molecule has 1 N–H and O–H groups in total. The zero-order valence-corrected chi connectivity index (χ0v) is 16.0. The summed E-state index contributed by atoms with van der Waals surface area (Å²) in [4.78, 5) is 34.3. The van der Waals surface area contributed by atoms with Crippen molar-refractivity contribution in [3.05, 3.63) is 96.0 Å². The molecule has 0 atom stereocenters. The number of fused-ring (bicyclic) bond motifs is 1. The van der Waals surface area contributed by atoms with E-state index in [4.69, 9.17) is 0 Å². The Morgan fingerprint density at radius 1 is 1.14 bits per heavy atom. The van der Waals surface area contributed by atoms with Crippen molar-refractivity contribution >= 4 is 24.2 Å². The SMILES string of the molecule is C=CC(/C=C/C(=O)N1CCc2ccc(NC(=O)c3ccncc3)cc2C1)=C\N=C. The summed E-state index contributed by atoms with van der Waals surface area (Å²) in [7, 11) is 0. The van der Waals surface area contributed by atoms with Crippen molar-refractivity contribution in [1.82, 2.24) is 9.88 Å². The van der Waals surface area contributed by atoms with E-state index in [1.54, 1.807) is 47.8 Å². The van der Waals surface area contributed by atoms with Gasteiger partial charge in [0, 0.05) is 49.0 Å². The predicted molar refractivity (Wildman–Crippen MR) is 115 cm³/mol. The minimum Gasteiger partial charge on any atom is -0.334 e. The van der Waals surface area contributed by atoms with Gasteiger partial charge in [0.1, 0.15) is 0 Å². The van der Waals surface area contributed by atoms with Gasteiger partial charge in [-0.25, -0.2) is 0 Å². The first-order valence-corrected chi connectivity index (χ1v) is 9.19. The van der Waals surface area contributed by atoms with Crippen molar-refractivity contribution in [1.29, 1.82) is 0 Å². The molecule has 0 aliphatic carbocycles. The van der Waals surface area contributed by atoms with Crippen molar-refractivity contribution < 1.29 is 9.59 Å². The maximum Gasteiger partial charge on any atom is 0.255 e. The van der Waals surface area contributed by atoms with E-state index < -0.39 is 0 Å². The number of pyridine rings is 1. The summed E-state index contributed by atoms with van der Waals surface area (Å²) in [6.45, 7) is 8.22. The topological polar surface area (TPSA) is 74.7 Å². The van der Waals surface area contributed by atoms with Crippen LogP contribution in [0.2, 0.25) is 0 Å². The number of amides is 2. The summed E-state index contributed by atoms with van der Waals surface area (Å²) in [6.07, 6.45) is 10.3. The fourth-order valence-electron chi connectivity index (χ4n) is 3.07. The van der Waals surface area contributed by atoms with Crippen LogP contribution in [-0.2, 0) is 17.8 Å². The van der Waals surface area contributed by atoms with Crippen molar-refractivity contribution in [3.8, 4) is 0 Å². The van der Waals surface area contributed by atoms with E-state index in [0.717, 1.165) is 12.0 Å². The van der Waals surface area contributed by atoms with Gasteiger partial charge in [0.25, 0.3) is 5.91 Å². The number of nitrogens with zero attached hydrogens (tertiary/aromatic N) is 3. The normalized spacial score (nSPS) is 13.7. The van der Waals surface area contributed by atoms with Gasteiger partial charge in [-0.05, 0) is 60.2 Å². The second-order valence-corrected chi connectivity index (χ2v) is 6.53. The highest BCUT2D eigenvalue weighted by molar-refractivity contribution is 6.04. The molecule has 6 nitrogen and oxygen atoms in total. The van der Waals surface area contributed by atoms with Crippen LogP contribution < -0.4 is 5.32 Å². The Bertz CT molecular complexity index is 993. The second-order valence-electron chi connectivity index (χ2n) is 6.53. The molecule has 0 radical (unpaired) electrons. The molecule has 0 saturated heterocycles. The van der Waals surface area contributed by atoms with Crippen LogP contribution in [0, 0.1) is 0 Å². The lowest BCUT2D eigenvalue weighted by molar-refractivity contribution is -0.126. The summed E-state index contributed by atoms with van der Waals surface area (Å²) >= 11 is 0. The molecule has 0 spiro atoms. The summed E-state index contributed by atoms with van der Waals surface area (Å²) in [6, 6.07) is 9.14. The van der Waals surface area contributed by atoms with Crippen LogP contribution >= 0.6 is 0 Å². The first-order valence-electron chi connectivity index (χ1n) is 9.19. The number of nitrogens with one attached hydrogen (secondary N) is 1. The van der Waals surface area contributed by atoms with Gasteiger partial charge in [0.05, 0.1) is 0 Å². The van der Waals surface area contributed by atoms with Crippen LogP contribution in [0.25, 0.3) is 0 Å². The number of aliphatic imine (C=N–C) groups is 1. The smallest absolute Gasteiger partial charge is 0.255 e. The van der Waals surface area contributed by atoms with Gasteiger partial charge in [-0.1, -0.05) is 18.7 Å². The third kappa shape index (κ3) is 5.13. The number of allylic oxidation sites excluding steroid dienone is 3. The molecule has 2 heterocycles. The van der Waals surface area contributed by atoms with Crippen LogP contribution in [-0.4, -0.2) is 35.0 Å². The standard InChI is InChI=1S/C23H22N4O2/c1-3-17(15-24-2)4-7-22(28)27-13-10-18-5-6-21(14-20(18)16-27)26-23(29)19-8-11-25-12-9-19/h3-9,11-12,14-15H,1-2,10,13,16H2,(H,26,29)/b7-4+,17-15+. The first-order chi connectivity index (χ1) is 14.1. The highest BCUT2D eigenvalue weighted by Gasteiger charge is 2.19. The van der Waals surface area contributed by atoms with E-state index in [1.807, 2.05) is 18.2 Å². The molecule has 2 aromatic rings. The lowest BCUT2D eigenvalue weighted by Crippen LogP contribution is -2.34. The Balaban J connectivity index is 1.70. The zero-order valence-electron chi connectivity index (χ0n) is 16.0. The van der Waals surface area contributed by atoms with E-state index in [0.29, 0.717) is 29.9 Å². The zero-order chi connectivity index (χ0) is 20.6. The number of benzene rings is 1. The molecule has 146 valence electrons. The minimum atomic E-state index is -0.196. The molecule has 1 aromatic heterocycles. The van der Waals surface area contributed by atoms with Crippen molar-refractivity contribution in [2.45, 2.75) is 13.0 Å². The minimum absolute atomic E-state index is 0.0845. The lowest BCUT2D eigenvalue weighted by atomic mass is 9.99. The van der Waals surface area contributed by atoms with E-state index in [1.165, 1.54) is 11.6 Å². The van der Waals surface area contributed by atoms with E-state index in [-0.39, 0.29) is 11.8 Å².